The molecule has 98 valence electrons. The zero-order valence-electron chi connectivity index (χ0n) is 11.4. The summed E-state index contributed by atoms with van der Waals surface area (Å²) >= 11 is 0. The zero-order chi connectivity index (χ0) is 13.3. The molecule has 1 aromatic rings. The average molecular weight is 248 g/mol. The fourth-order valence-electron chi connectivity index (χ4n) is 2.11. The molecule has 0 atom stereocenters. The fourth-order valence-corrected chi connectivity index (χ4v) is 2.11. The Morgan fingerprint density at radius 1 is 1.44 bits per heavy atom. The Hall–Kier alpha value is -1.65. The van der Waals surface area contributed by atoms with Crippen LogP contribution in [0.25, 0.3) is 0 Å². The second kappa shape index (κ2) is 4.55. The summed E-state index contributed by atoms with van der Waals surface area (Å²) < 4.78 is 0. The molecule has 2 rings (SSSR count). The van der Waals surface area contributed by atoms with Crippen LogP contribution in [0.3, 0.4) is 0 Å². The summed E-state index contributed by atoms with van der Waals surface area (Å²) in [6, 6.07) is 0. The average Bonchev–Trinajstić information content (AvgIpc) is 2.74. The molecule has 0 fully saturated rings. The second-order valence-corrected chi connectivity index (χ2v) is 5.72. The molecule has 1 aliphatic rings. The number of aromatic nitrogens is 3. The topological polar surface area (TPSA) is 61.9 Å². The smallest absolute Gasteiger partial charge is 0.293 e. The van der Waals surface area contributed by atoms with Crippen molar-refractivity contribution in [3.05, 3.63) is 23.3 Å². The van der Waals surface area contributed by atoms with Crippen molar-refractivity contribution in [2.24, 2.45) is 5.41 Å². The molecule has 0 bridgehead atoms. The maximum Gasteiger partial charge on any atom is 0.293 e. The molecule has 0 spiro atoms. The number of nitrogens with zero attached hydrogens (tertiary/aromatic N) is 3. The summed E-state index contributed by atoms with van der Waals surface area (Å²) in [5.41, 5.74) is 1.61. The Morgan fingerprint density at radius 2 is 2.17 bits per heavy atom. The van der Waals surface area contributed by atoms with Crippen LogP contribution < -0.4 is 0 Å². The lowest BCUT2D eigenvalue weighted by Gasteiger charge is -2.31. The Labute approximate surface area is 107 Å². The first-order valence-electron chi connectivity index (χ1n) is 6.26. The number of hydrogen-bond acceptors (Lipinski definition) is 3. The van der Waals surface area contributed by atoms with Crippen molar-refractivity contribution >= 4 is 5.91 Å². The highest BCUT2D eigenvalue weighted by Gasteiger charge is 2.25. The van der Waals surface area contributed by atoms with Gasteiger partial charge in [0.25, 0.3) is 5.91 Å². The second-order valence-electron chi connectivity index (χ2n) is 5.72. The number of H-pyrrole nitrogens is 1. The standard InChI is InChI=1S/C13H20N4O/c1-9-14-11(16-15-9)12(18)17-7-5-10(6-8-17)13(2,3)4/h5H,6-8H2,1-4H3,(H,14,15,16). The molecular formula is C13H20N4O. The van der Waals surface area contributed by atoms with Gasteiger partial charge in [0.1, 0.15) is 5.82 Å². The Balaban J connectivity index is 2.06. The van der Waals surface area contributed by atoms with Crippen molar-refractivity contribution in [2.45, 2.75) is 34.1 Å². The van der Waals surface area contributed by atoms with E-state index in [0.717, 1.165) is 13.0 Å². The number of carbonyl (C=O) groups excluding carboxylic acids is 1. The molecule has 0 saturated heterocycles. The summed E-state index contributed by atoms with van der Waals surface area (Å²) in [6.07, 6.45) is 3.08. The van der Waals surface area contributed by atoms with Crippen LogP contribution in [0.4, 0.5) is 0 Å². The van der Waals surface area contributed by atoms with E-state index in [4.69, 9.17) is 0 Å². The van der Waals surface area contributed by atoms with Gasteiger partial charge in [-0.15, -0.1) is 5.10 Å². The van der Waals surface area contributed by atoms with Gasteiger partial charge < -0.3 is 4.90 Å². The number of rotatable bonds is 1. The van der Waals surface area contributed by atoms with Crippen LogP contribution in [0.5, 0.6) is 0 Å². The minimum Gasteiger partial charge on any atom is -0.332 e. The van der Waals surface area contributed by atoms with Crippen molar-refractivity contribution in [3.63, 3.8) is 0 Å². The molecule has 0 unspecified atom stereocenters. The molecule has 2 heterocycles. The molecule has 5 nitrogen and oxygen atoms in total. The molecule has 1 aliphatic heterocycles. The molecule has 1 aromatic heterocycles. The number of hydrogen-bond donors (Lipinski definition) is 1. The number of carbonyl (C=O) groups is 1. The van der Waals surface area contributed by atoms with Crippen molar-refractivity contribution in [2.75, 3.05) is 13.1 Å². The highest BCUT2D eigenvalue weighted by molar-refractivity contribution is 5.90. The Kier molecular flexibility index (Phi) is 3.24. The van der Waals surface area contributed by atoms with E-state index in [-0.39, 0.29) is 17.1 Å². The lowest BCUT2D eigenvalue weighted by atomic mass is 9.83. The van der Waals surface area contributed by atoms with Gasteiger partial charge in [-0.3, -0.25) is 9.89 Å². The molecule has 5 heteroatoms. The van der Waals surface area contributed by atoms with Gasteiger partial charge in [-0.2, -0.15) is 0 Å². The first-order valence-corrected chi connectivity index (χ1v) is 6.26. The lowest BCUT2D eigenvalue weighted by molar-refractivity contribution is 0.0753. The maximum atomic E-state index is 12.1. The number of amides is 1. The fraction of sp³-hybridized carbons (Fsp3) is 0.615. The van der Waals surface area contributed by atoms with E-state index in [9.17, 15) is 4.79 Å². The van der Waals surface area contributed by atoms with E-state index in [1.165, 1.54) is 5.57 Å². The van der Waals surface area contributed by atoms with E-state index in [0.29, 0.717) is 12.4 Å². The monoisotopic (exact) mass is 248 g/mol. The van der Waals surface area contributed by atoms with Gasteiger partial charge >= 0.3 is 0 Å². The van der Waals surface area contributed by atoms with Crippen LogP contribution in [0.15, 0.2) is 11.6 Å². The van der Waals surface area contributed by atoms with Crippen molar-refractivity contribution in [1.29, 1.82) is 0 Å². The number of aromatic amines is 1. The van der Waals surface area contributed by atoms with Crippen LogP contribution in [0.2, 0.25) is 0 Å². The van der Waals surface area contributed by atoms with E-state index in [1.807, 2.05) is 0 Å². The lowest BCUT2D eigenvalue weighted by Crippen LogP contribution is -2.37. The molecule has 0 aliphatic carbocycles. The summed E-state index contributed by atoms with van der Waals surface area (Å²) in [7, 11) is 0. The van der Waals surface area contributed by atoms with Gasteiger partial charge in [0.05, 0.1) is 0 Å². The minimum absolute atomic E-state index is 0.0939. The molecular weight excluding hydrogens is 228 g/mol. The van der Waals surface area contributed by atoms with Crippen LogP contribution >= 0.6 is 0 Å². The van der Waals surface area contributed by atoms with Gasteiger partial charge in [0.2, 0.25) is 5.82 Å². The zero-order valence-corrected chi connectivity index (χ0v) is 11.4. The third-order valence-corrected chi connectivity index (χ3v) is 3.25. The molecule has 1 N–H and O–H groups in total. The van der Waals surface area contributed by atoms with Gasteiger partial charge in [-0.05, 0) is 18.8 Å². The normalized spacial score (nSPS) is 16.7. The van der Waals surface area contributed by atoms with Crippen LogP contribution in [-0.2, 0) is 0 Å². The van der Waals surface area contributed by atoms with E-state index in [1.54, 1.807) is 11.8 Å². The first kappa shape index (κ1) is 12.8. The van der Waals surface area contributed by atoms with Crippen LogP contribution in [-0.4, -0.2) is 39.1 Å². The summed E-state index contributed by atoms with van der Waals surface area (Å²) in [6.45, 7) is 9.80. The molecule has 0 aromatic carbocycles. The van der Waals surface area contributed by atoms with Gasteiger partial charge in [0.15, 0.2) is 0 Å². The number of aryl methyl sites for hydroxylation is 1. The highest BCUT2D eigenvalue weighted by atomic mass is 16.2. The van der Waals surface area contributed by atoms with Crippen LogP contribution in [0, 0.1) is 12.3 Å². The van der Waals surface area contributed by atoms with Crippen molar-refractivity contribution in [1.82, 2.24) is 20.1 Å². The predicted octanol–water partition coefficient (Wildman–Crippen LogP) is 1.93. The molecule has 0 radical (unpaired) electrons. The molecule has 18 heavy (non-hydrogen) atoms. The predicted molar refractivity (Wildman–Crippen MR) is 69.2 cm³/mol. The largest absolute Gasteiger partial charge is 0.332 e. The third-order valence-electron chi connectivity index (χ3n) is 3.25. The minimum atomic E-state index is -0.0939. The van der Waals surface area contributed by atoms with Gasteiger partial charge in [-0.1, -0.05) is 32.4 Å². The summed E-state index contributed by atoms with van der Waals surface area (Å²) in [5.74, 6) is 0.838. The van der Waals surface area contributed by atoms with E-state index >= 15 is 0 Å². The van der Waals surface area contributed by atoms with Crippen LogP contribution in [0.1, 0.15) is 43.6 Å². The highest BCUT2D eigenvalue weighted by Crippen LogP contribution is 2.30. The van der Waals surface area contributed by atoms with Crippen molar-refractivity contribution in [3.8, 4) is 0 Å². The quantitative estimate of drug-likeness (QED) is 0.772. The Bertz CT molecular complexity index is 481. The third kappa shape index (κ3) is 2.60. The van der Waals surface area contributed by atoms with Gasteiger partial charge in [-0.25, -0.2) is 4.98 Å². The summed E-state index contributed by atoms with van der Waals surface area (Å²) in [5, 5.41) is 6.61. The van der Waals surface area contributed by atoms with Crippen molar-refractivity contribution < 1.29 is 4.79 Å². The Morgan fingerprint density at radius 3 is 2.61 bits per heavy atom. The summed E-state index contributed by atoms with van der Waals surface area (Å²) in [4.78, 5) is 18.0. The number of nitrogens with one attached hydrogen (secondary N) is 1. The van der Waals surface area contributed by atoms with Gasteiger partial charge in [0, 0.05) is 13.1 Å². The maximum absolute atomic E-state index is 12.1. The SMILES string of the molecule is Cc1nc(C(=O)N2CC=C(C(C)(C)C)CC2)n[nH]1. The van der Waals surface area contributed by atoms with E-state index in [2.05, 4.69) is 42.0 Å². The van der Waals surface area contributed by atoms with E-state index < -0.39 is 0 Å². The molecule has 0 saturated carbocycles. The first-order chi connectivity index (χ1) is 8.38. The molecule has 1 amide bonds.